The molecule has 0 spiro atoms. The number of aromatic hydroxyl groups is 1. The molecule has 1 aliphatic rings. The molecule has 0 atom stereocenters. The van der Waals surface area contributed by atoms with Crippen molar-refractivity contribution in [1.29, 1.82) is 0 Å². The maximum Gasteiger partial charge on any atom is 0.332 e. The van der Waals surface area contributed by atoms with Gasteiger partial charge in [0.1, 0.15) is 11.3 Å². The number of H-pyrrole nitrogens is 1. The fraction of sp³-hybridized carbons (Fsp3) is 0.261. The monoisotopic (exact) mass is 386 g/mol. The lowest BCUT2D eigenvalue weighted by atomic mass is 9.83. The second-order valence-electron chi connectivity index (χ2n) is 7.64. The number of phenolic OH excluding ortho intramolecular Hbond substituents is 1. The largest absolute Gasteiger partial charge is 0.508 e. The summed E-state index contributed by atoms with van der Waals surface area (Å²) in [5.74, 6) is 1.08. The van der Waals surface area contributed by atoms with E-state index in [-0.39, 0.29) is 11.4 Å². The number of aromatic nitrogens is 4. The summed E-state index contributed by atoms with van der Waals surface area (Å²) in [6, 6.07) is 14.9. The molecule has 1 saturated carbocycles. The molecule has 0 bridgehead atoms. The van der Waals surface area contributed by atoms with Gasteiger partial charge in [0.25, 0.3) is 0 Å². The quantitative estimate of drug-likeness (QED) is 0.542. The maximum absolute atomic E-state index is 12.9. The number of nitrogens with one attached hydrogen (secondary N) is 1. The summed E-state index contributed by atoms with van der Waals surface area (Å²) in [5, 5.41) is 9.79. The zero-order valence-corrected chi connectivity index (χ0v) is 16.0. The van der Waals surface area contributed by atoms with Crippen LogP contribution in [0.3, 0.4) is 0 Å². The lowest BCUT2D eigenvalue weighted by Crippen LogP contribution is -2.18. The van der Waals surface area contributed by atoms with Gasteiger partial charge in [0.05, 0.1) is 11.9 Å². The molecule has 29 heavy (non-hydrogen) atoms. The van der Waals surface area contributed by atoms with Crippen molar-refractivity contribution in [1.82, 2.24) is 19.5 Å². The van der Waals surface area contributed by atoms with Crippen LogP contribution in [0.1, 0.15) is 43.6 Å². The van der Waals surface area contributed by atoms with Crippen molar-refractivity contribution < 1.29 is 5.11 Å². The molecule has 1 fully saturated rings. The second-order valence-corrected chi connectivity index (χ2v) is 7.64. The number of hydrogen-bond donors (Lipinski definition) is 2. The van der Waals surface area contributed by atoms with Gasteiger partial charge in [-0.05, 0) is 42.5 Å². The van der Waals surface area contributed by atoms with Crippen LogP contribution in [0.15, 0.2) is 59.5 Å². The molecular weight excluding hydrogens is 364 g/mol. The minimum atomic E-state index is -0.217. The number of benzene rings is 2. The van der Waals surface area contributed by atoms with Gasteiger partial charge in [0.15, 0.2) is 11.5 Å². The van der Waals surface area contributed by atoms with Gasteiger partial charge >= 0.3 is 5.69 Å². The van der Waals surface area contributed by atoms with Gasteiger partial charge < -0.3 is 10.1 Å². The summed E-state index contributed by atoms with van der Waals surface area (Å²) in [7, 11) is 0. The van der Waals surface area contributed by atoms with E-state index in [0.29, 0.717) is 28.5 Å². The summed E-state index contributed by atoms with van der Waals surface area (Å²) >= 11 is 0. The highest BCUT2D eigenvalue weighted by molar-refractivity contribution is 5.75. The van der Waals surface area contributed by atoms with Crippen LogP contribution < -0.4 is 5.69 Å². The lowest BCUT2D eigenvalue weighted by Gasteiger charge is -2.24. The molecule has 0 saturated heterocycles. The third-order valence-corrected chi connectivity index (χ3v) is 5.75. The normalized spacial score (nSPS) is 15.0. The van der Waals surface area contributed by atoms with Crippen molar-refractivity contribution in [3.63, 3.8) is 0 Å². The van der Waals surface area contributed by atoms with E-state index in [0.717, 1.165) is 18.5 Å². The SMILES string of the molecule is O=c1[nH]c2cnc(-c3cccc(O)c3)nc2n1-c1ccccc1C1CCCCC1. The average molecular weight is 386 g/mol. The van der Waals surface area contributed by atoms with Crippen LogP contribution in [-0.2, 0) is 0 Å². The summed E-state index contributed by atoms with van der Waals surface area (Å²) < 4.78 is 1.66. The number of imidazole rings is 1. The van der Waals surface area contributed by atoms with E-state index in [9.17, 15) is 9.90 Å². The van der Waals surface area contributed by atoms with Crippen molar-refractivity contribution in [3.05, 3.63) is 70.8 Å². The molecule has 2 N–H and O–H groups in total. The van der Waals surface area contributed by atoms with E-state index >= 15 is 0 Å². The molecule has 0 aliphatic heterocycles. The van der Waals surface area contributed by atoms with Gasteiger partial charge in [-0.15, -0.1) is 0 Å². The average Bonchev–Trinajstić information content (AvgIpc) is 3.09. The zero-order chi connectivity index (χ0) is 19.8. The Morgan fingerprint density at radius 3 is 2.69 bits per heavy atom. The van der Waals surface area contributed by atoms with Crippen LogP contribution >= 0.6 is 0 Å². The Kier molecular flexibility index (Phi) is 4.39. The summed E-state index contributed by atoms with van der Waals surface area (Å²) in [6.07, 6.45) is 7.67. The molecule has 6 heteroatoms. The first-order chi connectivity index (χ1) is 14.2. The predicted molar refractivity (Wildman–Crippen MR) is 112 cm³/mol. The smallest absolute Gasteiger partial charge is 0.332 e. The molecule has 1 aliphatic carbocycles. The molecule has 2 heterocycles. The van der Waals surface area contributed by atoms with E-state index in [1.807, 2.05) is 24.3 Å². The minimum absolute atomic E-state index is 0.153. The van der Waals surface area contributed by atoms with E-state index in [1.165, 1.54) is 24.8 Å². The molecule has 146 valence electrons. The standard InChI is InChI=1S/C23H22N4O2/c28-17-10-6-9-16(13-17)21-24-14-19-22(26-21)27(23(29)25-19)20-12-5-4-11-18(20)15-7-2-1-3-8-15/h4-6,9-15,28H,1-3,7-8H2,(H,25,29). The Morgan fingerprint density at radius 2 is 1.86 bits per heavy atom. The van der Waals surface area contributed by atoms with Gasteiger partial charge in [0, 0.05) is 5.56 Å². The molecule has 2 aromatic heterocycles. The van der Waals surface area contributed by atoms with Gasteiger partial charge in [-0.1, -0.05) is 49.6 Å². The van der Waals surface area contributed by atoms with Gasteiger partial charge in [-0.2, -0.15) is 0 Å². The number of phenols is 1. The fourth-order valence-electron chi connectivity index (χ4n) is 4.36. The van der Waals surface area contributed by atoms with Gasteiger partial charge in [0.2, 0.25) is 0 Å². The van der Waals surface area contributed by atoms with Gasteiger partial charge in [-0.25, -0.2) is 19.3 Å². The van der Waals surface area contributed by atoms with Crippen molar-refractivity contribution in [2.24, 2.45) is 0 Å². The summed E-state index contributed by atoms with van der Waals surface area (Å²) in [6.45, 7) is 0. The van der Waals surface area contributed by atoms with Crippen LogP contribution in [0.25, 0.3) is 28.2 Å². The van der Waals surface area contributed by atoms with Crippen LogP contribution in [0.4, 0.5) is 0 Å². The Morgan fingerprint density at radius 1 is 1.03 bits per heavy atom. The number of aromatic amines is 1. The number of rotatable bonds is 3. The number of hydrogen-bond acceptors (Lipinski definition) is 4. The molecular formula is C23H22N4O2. The highest BCUT2D eigenvalue weighted by Crippen LogP contribution is 2.36. The second kappa shape index (κ2) is 7.20. The van der Waals surface area contributed by atoms with Crippen LogP contribution in [0.5, 0.6) is 5.75 Å². The van der Waals surface area contributed by atoms with Crippen molar-refractivity contribution >= 4 is 11.2 Å². The number of para-hydroxylation sites is 1. The van der Waals surface area contributed by atoms with E-state index in [2.05, 4.69) is 21.0 Å². The summed E-state index contributed by atoms with van der Waals surface area (Å²) in [4.78, 5) is 24.8. The highest BCUT2D eigenvalue weighted by atomic mass is 16.3. The maximum atomic E-state index is 12.9. The Hall–Kier alpha value is -3.41. The third kappa shape index (κ3) is 3.20. The Bertz CT molecular complexity index is 1240. The highest BCUT2D eigenvalue weighted by Gasteiger charge is 2.21. The first-order valence-corrected chi connectivity index (χ1v) is 10.1. The molecule has 0 unspecified atom stereocenters. The lowest BCUT2D eigenvalue weighted by molar-refractivity contribution is 0.443. The number of nitrogens with zero attached hydrogens (tertiary/aromatic N) is 3. The fourth-order valence-corrected chi connectivity index (χ4v) is 4.36. The number of fused-ring (bicyclic) bond motifs is 1. The van der Waals surface area contributed by atoms with Crippen molar-refractivity contribution in [2.75, 3.05) is 0 Å². The first-order valence-electron chi connectivity index (χ1n) is 10.1. The summed E-state index contributed by atoms with van der Waals surface area (Å²) in [5.41, 5.74) is 3.71. The molecule has 2 aromatic carbocycles. The zero-order valence-electron chi connectivity index (χ0n) is 16.0. The van der Waals surface area contributed by atoms with Crippen LogP contribution in [0.2, 0.25) is 0 Å². The third-order valence-electron chi connectivity index (χ3n) is 5.75. The molecule has 4 aromatic rings. The minimum Gasteiger partial charge on any atom is -0.508 e. The Labute approximate surface area is 167 Å². The Balaban J connectivity index is 1.69. The van der Waals surface area contributed by atoms with Crippen LogP contribution in [-0.4, -0.2) is 24.6 Å². The van der Waals surface area contributed by atoms with E-state index < -0.39 is 0 Å². The molecule has 0 amide bonds. The van der Waals surface area contributed by atoms with Crippen LogP contribution in [0, 0.1) is 0 Å². The predicted octanol–water partition coefficient (Wildman–Crippen LogP) is 4.53. The van der Waals surface area contributed by atoms with Crippen molar-refractivity contribution in [2.45, 2.75) is 38.0 Å². The topological polar surface area (TPSA) is 83.8 Å². The van der Waals surface area contributed by atoms with E-state index in [1.54, 1.807) is 29.0 Å². The van der Waals surface area contributed by atoms with E-state index in [4.69, 9.17) is 0 Å². The molecule has 0 radical (unpaired) electrons. The van der Waals surface area contributed by atoms with Gasteiger partial charge in [-0.3, -0.25) is 0 Å². The molecule has 6 nitrogen and oxygen atoms in total. The van der Waals surface area contributed by atoms with Crippen molar-refractivity contribution in [3.8, 4) is 22.8 Å². The molecule has 5 rings (SSSR count). The first kappa shape index (κ1) is 17.7.